The highest BCUT2D eigenvalue weighted by molar-refractivity contribution is 9.10. The summed E-state index contributed by atoms with van der Waals surface area (Å²) in [6.07, 6.45) is 2.63. The van der Waals surface area contributed by atoms with E-state index in [1.807, 2.05) is 0 Å². The molecule has 2 N–H and O–H groups in total. The van der Waals surface area contributed by atoms with Crippen molar-refractivity contribution >= 4 is 57.0 Å². The largest absolute Gasteiger partial charge is 0.506 e. The van der Waals surface area contributed by atoms with Gasteiger partial charge in [-0.2, -0.15) is 0 Å². The molecule has 118 valence electrons. The van der Waals surface area contributed by atoms with Crippen LogP contribution in [0.1, 0.15) is 26.3 Å². The first kappa shape index (κ1) is 17.5. The van der Waals surface area contributed by atoms with Crippen LogP contribution in [0.15, 0.2) is 40.9 Å². The first-order chi connectivity index (χ1) is 10.8. The first-order valence-electron chi connectivity index (χ1n) is 6.23. The molecule has 2 aromatic carbocycles. The van der Waals surface area contributed by atoms with Crippen molar-refractivity contribution in [1.82, 2.24) is 0 Å². The molecule has 2 rings (SSSR count). The SMILES string of the molecule is O=C(O)c1cc(Br)cc(C(=O)/C=C/c2cccc(Cl)c2Cl)c1O. The number of allylic oxidation sites excluding steroid dienone is 1. The molecular weight excluding hydrogens is 407 g/mol. The van der Waals surface area contributed by atoms with Crippen molar-refractivity contribution in [1.29, 1.82) is 0 Å². The number of hydrogen-bond acceptors (Lipinski definition) is 3. The minimum atomic E-state index is -1.33. The van der Waals surface area contributed by atoms with Gasteiger partial charge in [-0.25, -0.2) is 4.79 Å². The summed E-state index contributed by atoms with van der Waals surface area (Å²) >= 11 is 15.0. The van der Waals surface area contributed by atoms with Crippen LogP contribution in [0.2, 0.25) is 10.0 Å². The minimum absolute atomic E-state index is 0.133. The Morgan fingerprint density at radius 3 is 2.43 bits per heavy atom. The third kappa shape index (κ3) is 3.93. The highest BCUT2D eigenvalue weighted by Crippen LogP contribution is 2.29. The minimum Gasteiger partial charge on any atom is -0.506 e. The standard InChI is InChI=1S/C16H9BrCl2O4/c17-9-6-10(15(21)11(7-9)16(22)23)13(20)5-4-8-2-1-3-12(18)14(8)19/h1-7,21H,(H,22,23)/b5-4+. The molecule has 0 radical (unpaired) electrons. The Morgan fingerprint density at radius 1 is 1.13 bits per heavy atom. The zero-order valence-electron chi connectivity index (χ0n) is 11.4. The number of rotatable bonds is 4. The topological polar surface area (TPSA) is 74.6 Å². The maximum atomic E-state index is 12.2. The average molecular weight is 416 g/mol. The van der Waals surface area contributed by atoms with Crippen molar-refractivity contribution in [2.45, 2.75) is 0 Å². The van der Waals surface area contributed by atoms with Crippen LogP contribution in [-0.2, 0) is 0 Å². The molecule has 0 amide bonds. The summed E-state index contributed by atoms with van der Waals surface area (Å²) in [4.78, 5) is 23.3. The predicted octanol–water partition coefficient (Wildman–Crippen LogP) is 5.06. The molecule has 0 aliphatic heterocycles. The lowest BCUT2D eigenvalue weighted by atomic mass is 10.0. The molecule has 23 heavy (non-hydrogen) atoms. The molecular formula is C16H9BrCl2O4. The third-order valence-electron chi connectivity index (χ3n) is 2.97. The highest BCUT2D eigenvalue weighted by Gasteiger charge is 2.18. The van der Waals surface area contributed by atoms with E-state index in [2.05, 4.69) is 15.9 Å². The number of ketones is 1. The van der Waals surface area contributed by atoms with Crippen LogP contribution in [0.5, 0.6) is 5.75 Å². The number of benzene rings is 2. The number of carboxylic acids is 1. The number of carbonyl (C=O) groups is 2. The molecule has 2 aromatic rings. The summed E-state index contributed by atoms with van der Waals surface area (Å²) in [7, 11) is 0. The molecule has 0 aromatic heterocycles. The van der Waals surface area contributed by atoms with E-state index >= 15 is 0 Å². The van der Waals surface area contributed by atoms with Gasteiger partial charge in [-0.3, -0.25) is 4.79 Å². The number of carbonyl (C=O) groups excluding carboxylic acids is 1. The van der Waals surface area contributed by atoms with Crippen molar-refractivity contribution in [3.63, 3.8) is 0 Å². The second-order valence-corrected chi connectivity index (χ2v) is 6.20. The fourth-order valence-electron chi connectivity index (χ4n) is 1.85. The summed E-state index contributed by atoms with van der Waals surface area (Å²) in [6.45, 7) is 0. The second-order valence-electron chi connectivity index (χ2n) is 4.50. The lowest BCUT2D eigenvalue weighted by Gasteiger charge is -2.06. The van der Waals surface area contributed by atoms with Crippen LogP contribution in [0.3, 0.4) is 0 Å². The Morgan fingerprint density at radius 2 is 1.78 bits per heavy atom. The Hall–Kier alpha value is -1.82. The second kappa shape index (κ2) is 7.17. The molecule has 0 heterocycles. The predicted molar refractivity (Wildman–Crippen MR) is 92.6 cm³/mol. The zero-order chi connectivity index (χ0) is 17.1. The van der Waals surface area contributed by atoms with Crippen LogP contribution >= 0.6 is 39.1 Å². The van der Waals surface area contributed by atoms with Gasteiger partial charge in [0.1, 0.15) is 11.3 Å². The molecule has 0 aliphatic carbocycles. The van der Waals surface area contributed by atoms with Gasteiger partial charge in [-0.1, -0.05) is 51.3 Å². The van der Waals surface area contributed by atoms with E-state index in [0.717, 1.165) is 0 Å². The maximum absolute atomic E-state index is 12.2. The summed E-state index contributed by atoms with van der Waals surface area (Å²) < 4.78 is 0.366. The monoisotopic (exact) mass is 414 g/mol. The van der Waals surface area contributed by atoms with Gasteiger partial charge in [0.25, 0.3) is 0 Å². The van der Waals surface area contributed by atoms with Gasteiger partial charge in [0.05, 0.1) is 15.6 Å². The van der Waals surface area contributed by atoms with Gasteiger partial charge < -0.3 is 10.2 Å². The molecule has 0 spiro atoms. The van der Waals surface area contributed by atoms with Gasteiger partial charge in [0.15, 0.2) is 5.78 Å². The summed E-state index contributed by atoms with van der Waals surface area (Å²) in [5.41, 5.74) is 0.0311. The van der Waals surface area contributed by atoms with E-state index in [1.165, 1.54) is 24.3 Å². The fraction of sp³-hybridized carbons (Fsp3) is 0. The van der Waals surface area contributed by atoms with Crippen LogP contribution in [-0.4, -0.2) is 22.0 Å². The van der Waals surface area contributed by atoms with E-state index in [0.29, 0.717) is 20.1 Å². The van der Waals surface area contributed by atoms with Gasteiger partial charge >= 0.3 is 5.97 Å². The van der Waals surface area contributed by atoms with Crippen molar-refractivity contribution < 1.29 is 19.8 Å². The Balaban J connectivity index is 2.40. The summed E-state index contributed by atoms with van der Waals surface area (Å²) in [5, 5.41) is 19.6. The number of aromatic hydroxyl groups is 1. The van der Waals surface area contributed by atoms with E-state index in [1.54, 1.807) is 18.2 Å². The van der Waals surface area contributed by atoms with Gasteiger partial charge in [-0.05, 0) is 35.9 Å². The Bertz CT molecular complexity index is 831. The van der Waals surface area contributed by atoms with E-state index in [-0.39, 0.29) is 11.1 Å². The van der Waals surface area contributed by atoms with Crippen LogP contribution < -0.4 is 0 Å². The van der Waals surface area contributed by atoms with Crippen molar-refractivity contribution in [3.8, 4) is 5.75 Å². The highest BCUT2D eigenvalue weighted by atomic mass is 79.9. The number of hydrogen-bond donors (Lipinski definition) is 2. The molecule has 0 saturated heterocycles. The van der Waals surface area contributed by atoms with Gasteiger partial charge in [0, 0.05) is 4.47 Å². The normalized spacial score (nSPS) is 10.9. The van der Waals surface area contributed by atoms with E-state index < -0.39 is 17.5 Å². The average Bonchev–Trinajstić information content (AvgIpc) is 2.50. The smallest absolute Gasteiger partial charge is 0.339 e. The first-order valence-corrected chi connectivity index (χ1v) is 7.78. The maximum Gasteiger partial charge on any atom is 0.339 e. The zero-order valence-corrected chi connectivity index (χ0v) is 14.5. The number of halogens is 3. The lowest BCUT2D eigenvalue weighted by Crippen LogP contribution is -2.03. The number of phenols is 1. The summed E-state index contributed by atoms with van der Waals surface area (Å²) in [6, 6.07) is 7.52. The quantitative estimate of drug-likeness (QED) is 0.540. The van der Waals surface area contributed by atoms with E-state index in [9.17, 15) is 14.7 Å². The third-order valence-corrected chi connectivity index (χ3v) is 4.26. The van der Waals surface area contributed by atoms with Gasteiger partial charge in [0.2, 0.25) is 0 Å². The Labute approximate surface area is 150 Å². The molecule has 0 atom stereocenters. The van der Waals surface area contributed by atoms with Crippen molar-refractivity contribution in [3.05, 3.63) is 67.6 Å². The lowest BCUT2D eigenvalue weighted by molar-refractivity contribution is 0.0693. The van der Waals surface area contributed by atoms with Gasteiger partial charge in [-0.15, -0.1) is 0 Å². The molecule has 0 unspecified atom stereocenters. The van der Waals surface area contributed by atoms with Crippen molar-refractivity contribution in [2.75, 3.05) is 0 Å². The molecule has 0 saturated carbocycles. The molecule has 4 nitrogen and oxygen atoms in total. The summed E-state index contributed by atoms with van der Waals surface area (Å²) in [5.74, 6) is -2.49. The number of carboxylic acid groups (broad SMARTS) is 1. The van der Waals surface area contributed by atoms with Crippen LogP contribution in [0.25, 0.3) is 6.08 Å². The molecule has 0 aliphatic rings. The molecule has 0 fully saturated rings. The Kier molecular flexibility index (Phi) is 5.46. The molecule has 0 bridgehead atoms. The van der Waals surface area contributed by atoms with Crippen molar-refractivity contribution in [2.24, 2.45) is 0 Å². The van der Waals surface area contributed by atoms with Crippen LogP contribution in [0, 0.1) is 0 Å². The fourth-order valence-corrected chi connectivity index (χ4v) is 2.68. The van der Waals surface area contributed by atoms with Crippen LogP contribution in [0.4, 0.5) is 0 Å². The molecule has 7 heteroatoms. The van der Waals surface area contributed by atoms with E-state index in [4.69, 9.17) is 28.3 Å². The number of aromatic carboxylic acids is 1.